The van der Waals surface area contributed by atoms with E-state index in [-0.39, 0.29) is 29.1 Å². The van der Waals surface area contributed by atoms with E-state index in [9.17, 15) is 9.59 Å². The molecular weight excluding hydrogens is 438 g/mol. The Bertz CT molecular complexity index is 1120. The van der Waals surface area contributed by atoms with E-state index in [0.29, 0.717) is 36.7 Å². The first-order chi connectivity index (χ1) is 17.0. The molecule has 1 saturated heterocycles. The van der Waals surface area contributed by atoms with Crippen molar-refractivity contribution in [3.05, 3.63) is 88.8 Å². The lowest BCUT2D eigenvalue weighted by molar-refractivity contribution is -0.123. The minimum atomic E-state index is -0.00869. The number of hydrogen-bond donors (Lipinski definition) is 1. The summed E-state index contributed by atoms with van der Waals surface area (Å²) in [5, 5.41) is 7.13. The lowest BCUT2D eigenvalue weighted by atomic mass is 9.88. The SMILES string of the molecule is Cc1noc(C)c1C(=O)N1CCC2(CC1)CC2C(=O)NCCC(c1ccccc1)c1ccccc1. The highest BCUT2D eigenvalue weighted by molar-refractivity contribution is 5.96. The van der Waals surface area contributed by atoms with E-state index in [1.54, 1.807) is 13.8 Å². The second-order valence-corrected chi connectivity index (χ2v) is 10.1. The maximum Gasteiger partial charge on any atom is 0.259 e. The zero-order valence-corrected chi connectivity index (χ0v) is 20.5. The summed E-state index contributed by atoms with van der Waals surface area (Å²) < 4.78 is 5.17. The van der Waals surface area contributed by atoms with Crippen LogP contribution in [0.3, 0.4) is 0 Å². The van der Waals surface area contributed by atoms with E-state index in [4.69, 9.17) is 4.52 Å². The van der Waals surface area contributed by atoms with E-state index in [2.05, 4.69) is 59.0 Å². The molecule has 1 aromatic heterocycles. The number of aryl methyl sites for hydroxylation is 2. The van der Waals surface area contributed by atoms with Gasteiger partial charge in [-0.2, -0.15) is 0 Å². The van der Waals surface area contributed by atoms with Crippen molar-refractivity contribution in [2.45, 2.75) is 45.4 Å². The number of carbonyl (C=O) groups excluding carboxylic acids is 2. The third-order valence-corrected chi connectivity index (χ3v) is 7.94. The van der Waals surface area contributed by atoms with Gasteiger partial charge < -0.3 is 14.7 Å². The fourth-order valence-electron chi connectivity index (χ4n) is 5.73. The molecule has 2 aromatic carbocycles. The molecule has 3 aromatic rings. The van der Waals surface area contributed by atoms with Crippen LogP contribution in [0, 0.1) is 25.2 Å². The second kappa shape index (κ2) is 9.68. The highest BCUT2D eigenvalue weighted by atomic mass is 16.5. The largest absolute Gasteiger partial charge is 0.361 e. The summed E-state index contributed by atoms with van der Waals surface area (Å²) in [6.45, 7) is 5.58. The number of rotatable bonds is 7. The molecule has 2 aliphatic rings. The van der Waals surface area contributed by atoms with Gasteiger partial charge in [-0.1, -0.05) is 65.8 Å². The van der Waals surface area contributed by atoms with Gasteiger partial charge >= 0.3 is 0 Å². The third-order valence-electron chi connectivity index (χ3n) is 7.94. The molecule has 35 heavy (non-hydrogen) atoms. The summed E-state index contributed by atoms with van der Waals surface area (Å²) in [6, 6.07) is 21.0. The molecule has 0 radical (unpaired) electrons. The fraction of sp³-hybridized carbons (Fsp3) is 0.414. The quantitative estimate of drug-likeness (QED) is 0.533. The van der Waals surface area contributed by atoms with Crippen molar-refractivity contribution in [1.29, 1.82) is 0 Å². The number of likely N-dealkylation sites (tertiary alicyclic amines) is 1. The van der Waals surface area contributed by atoms with Crippen molar-refractivity contribution in [2.75, 3.05) is 19.6 Å². The molecule has 182 valence electrons. The predicted octanol–water partition coefficient (Wildman–Crippen LogP) is 4.87. The predicted molar refractivity (Wildman–Crippen MR) is 134 cm³/mol. The molecule has 6 heteroatoms. The first-order valence-electron chi connectivity index (χ1n) is 12.6. The Morgan fingerprint density at radius 2 is 1.63 bits per heavy atom. The lowest BCUT2D eigenvalue weighted by Gasteiger charge is -2.32. The van der Waals surface area contributed by atoms with Gasteiger partial charge in [0.15, 0.2) is 0 Å². The van der Waals surface area contributed by atoms with E-state index < -0.39 is 0 Å². The first kappa shape index (κ1) is 23.3. The van der Waals surface area contributed by atoms with E-state index >= 15 is 0 Å². The highest BCUT2D eigenvalue weighted by Crippen LogP contribution is 2.59. The Balaban J connectivity index is 1.14. The minimum Gasteiger partial charge on any atom is -0.361 e. The summed E-state index contributed by atoms with van der Waals surface area (Å²) >= 11 is 0. The minimum absolute atomic E-state index is 0.00869. The van der Waals surface area contributed by atoms with Crippen molar-refractivity contribution in [3.63, 3.8) is 0 Å². The fourth-order valence-corrected chi connectivity index (χ4v) is 5.73. The molecule has 1 saturated carbocycles. The van der Waals surface area contributed by atoms with Gasteiger partial charge in [-0.05, 0) is 56.1 Å². The van der Waals surface area contributed by atoms with E-state index in [1.165, 1.54) is 11.1 Å². The standard InChI is InChI=1S/C29H33N3O3/c1-20-26(21(2)35-31-20)28(34)32-17-14-29(15-18-32)19-25(29)27(33)30-16-13-24(22-9-5-3-6-10-22)23-11-7-4-8-12-23/h3-12,24-25H,13-19H2,1-2H3,(H,30,33). The zero-order chi connectivity index (χ0) is 24.4. The number of amides is 2. The van der Waals surface area contributed by atoms with Crippen LogP contribution in [0.4, 0.5) is 0 Å². The Morgan fingerprint density at radius 1 is 1.03 bits per heavy atom. The third kappa shape index (κ3) is 4.75. The van der Waals surface area contributed by atoms with Crippen LogP contribution < -0.4 is 5.32 Å². The molecule has 1 unspecified atom stereocenters. The lowest BCUT2D eigenvalue weighted by Crippen LogP contribution is -2.41. The monoisotopic (exact) mass is 471 g/mol. The molecule has 1 aliphatic heterocycles. The van der Waals surface area contributed by atoms with Crippen LogP contribution in [-0.4, -0.2) is 41.5 Å². The van der Waals surface area contributed by atoms with Crippen molar-refractivity contribution < 1.29 is 14.1 Å². The second-order valence-electron chi connectivity index (χ2n) is 10.1. The van der Waals surface area contributed by atoms with Gasteiger partial charge in [-0.15, -0.1) is 0 Å². The van der Waals surface area contributed by atoms with Crippen molar-refractivity contribution in [3.8, 4) is 0 Å². The zero-order valence-electron chi connectivity index (χ0n) is 20.5. The normalized spacial score (nSPS) is 18.6. The molecular formula is C29H33N3O3. The summed E-state index contributed by atoms with van der Waals surface area (Å²) in [7, 11) is 0. The van der Waals surface area contributed by atoms with Crippen LogP contribution in [0.1, 0.15) is 64.5 Å². The average molecular weight is 472 g/mol. The molecule has 1 spiro atoms. The average Bonchev–Trinajstić information content (AvgIpc) is 3.48. The molecule has 2 heterocycles. The van der Waals surface area contributed by atoms with Gasteiger partial charge in [-0.3, -0.25) is 9.59 Å². The number of aromatic nitrogens is 1. The number of hydrogen-bond acceptors (Lipinski definition) is 4. The Morgan fingerprint density at radius 3 is 2.17 bits per heavy atom. The molecule has 1 atom stereocenters. The van der Waals surface area contributed by atoms with Crippen molar-refractivity contribution in [1.82, 2.24) is 15.4 Å². The van der Waals surface area contributed by atoms with Gasteiger partial charge in [0.1, 0.15) is 11.3 Å². The molecule has 6 nitrogen and oxygen atoms in total. The molecule has 1 aliphatic carbocycles. The smallest absolute Gasteiger partial charge is 0.259 e. The summed E-state index contributed by atoms with van der Waals surface area (Å²) in [6.07, 6.45) is 3.53. The van der Waals surface area contributed by atoms with Gasteiger partial charge in [0, 0.05) is 31.5 Å². The van der Waals surface area contributed by atoms with Crippen molar-refractivity contribution in [2.24, 2.45) is 11.3 Å². The van der Waals surface area contributed by atoms with Gasteiger partial charge in [-0.25, -0.2) is 0 Å². The molecule has 5 rings (SSSR count). The molecule has 2 amide bonds. The maximum absolute atomic E-state index is 13.0. The molecule has 0 bridgehead atoms. The van der Waals surface area contributed by atoms with Crippen molar-refractivity contribution >= 4 is 11.8 Å². The number of benzene rings is 2. The summed E-state index contributed by atoms with van der Waals surface area (Å²) in [5.41, 5.74) is 3.81. The molecule has 2 fully saturated rings. The Kier molecular flexibility index (Phi) is 6.46. The number of carbonyl (C=O) groups is 2. The molecule has 1 N–H and O–H groups in total. The Labute approximate surface area is 206 Å². The van der Waals surface area contributed by atoms with Crippen LogP contribution in [-0.2, 0) is 4.79 Å². The maximum atomic E-state index is 13.0. The van der Waals surface area contributed by atoms with Crippen LogP contribution in [0.2, 0.25) is 0 Å². The summed E-state index contributed by atoms with van der Waals surface area (Å²) in [4.78, 5) is 27.8. The van der Waals surface area contributed by atoms with E-state index in [1.807, 2.05) is 17.0 Å². The number of nitrogens with zero attached hydrogens (tertiary/aromatic N) is 2. The van der Waals surface area contributed by atoms with Crippen LogP contribution >= 0.6 is 0 Å². The van der Waals surface area contributed by atoms with Crippen LogP contribution in [0.15, 0.2) is 65.2 Å². The highest BCUT2D eigenvalue weighted by Gasteiger charge is 2.58. The van der Waals surface area contributed by atoms with Gasteiger partial charge in [0.05, 0.1) is 5.69 Å². The van der Waals surface area contributed by atoms with Crippen LogP contribution in [0.25, 0.3) is 0 Å². The van der Waals surface area contributed by atoms with Gasteiger partial charge in [0.25, 0.3) is 5.91 Å². The number of piperidine rings is 1. The Hall–Kier alpha value is -3.41. The summed E-state index contributed by atoms with van der Waals surface area (Å²) in [5.74, 6) is 1.04. The number of nitrogens with one attached hydrogen (secondary N) is 1. The van der Waals surface area contributed by atoms with E-state index in [0.717, 1.165) is 25.7 Å². The van der Waals surface area contributed by atoms with Gasteiger partial charge in [0.2, 0.25) is 5.91 Å². The van der Waals surface area contributed by atoms with Crippen LogP contribution in [0.5, 0.6) is 0 Å². The topological polar surface area (TPSA) is 75.4 Å². The first-order valence-corrected chi connectivity index (χ1v) is 12.6.